The Morgan fingerprint density at radius 3 is 2.48 bits per heavy atom. The molecule has 1 saturated heterocycles. The molecule has 0 unspecified atom stereocenters. The zero-order chi connectivity index (χ0) is 29.9. The van der Waals surface area contributed by atoms with Gasteiger partial charge in [-0.1, -0.05) is 54.1 Å². The molecule has 1 aromatic heterocycles. The number of piperidine rings is 1. The number of amides is 1. The van der Waals surface area contributed by atoms with Gasteiger partial charge in [0.15, 0.2) is 4.90 Å². The van der Waals surface area contributed by atoms with Gasteiger partial charge in [0.2, 0.25) is 5.91 Å². The second-order valence-electron chi connectivity index (χ2n) is 10.3. The van der Waals surface area contributed by atoms with Crippen molar-refractivity contribution in [2.24, 2.45) is 0 Å². The molecule has 0 spiro atoms. The van der Waals surface area contributed by atoms with Gasteiger partial charge in [-0.3, -0.25) is 19.8 Å². The van der Waals surface area contributed by atoms with Crippen LogP contribution in [0.25, 0.3) is 10.9 Å². The minimum Gasteiger partial charge on any atom is -0.325 e. The molecule has 12 heteroatoms. The largest absolute Gasteiger partial charge is 0.325 e. The number of nitrogens with one attached hydrogen (secondary N) is 1. The number of aryl methyl sites for hydroxylation is 1. The highest BCUT2D eigenvalue weighted by atomic mass is 35.5. The van der Waals surface area contributed by atoms with Gasteiger partial charge in [-0.05, 0) is 61.2 Å². The molecule has 1 N–H and O–H groups in total. The van der Waals surface area contributed by atoms with E-state index in [1.165, 1.54) is 18.2 Å². The van der Waals surface area contributed by atoms with Gasteiger partial charge < -0.3 is 5.32 Å². The molecule has 1 aliphatic rings. The fourth-order valence-corrected chi connectivity index (χ4v) is 7.40. The average molecular weight is 608 g/mol. The number of nitrogens with zero attached hydrogens (tertiary/aromatic N) is 4. The van der Waals surface area contributed by atoms with Crippen LogP contribution in [0.15, 0.2) is 83.8 Å². The van der Waals surface area contributed by atoms with Crippen molar-refractivity contribution >= 4 is 49.8 Å². The Hall–Kier alpha value is -3.90. The summed E-state index contributed by atoms with van der Waals surface area (Å²) in [5.74, 6) is -0.553. The second-order valence-corrected chi connectivity index (χ2v) is 12.6. The van der Waals surface area contributed by atoms with E-state index < -0.39 is 44.0 Å². The van der Waals surface area contributed by atoms with Crippen LogP contribution in [0.5, 0.6) is 0 Å². The maximum atomic E-state index is 14.0. The van der Waals surface area contributed by atoms with Gasteiger partial charge in [-0.2, -0.15) is 4.31 Å². The van der Waals surface area contributed by atoms with Crippen molar-refractivity contribution in [2.45, 2.75) is 37.2 Å². The number of anilines is 1. The quantitative estimate of drug-likeness (QED) is 0.153. The smallest absolute Gasteiger partial charge is 0.289 e. The van der Waals surface area contributed by atoms with Crippen molar-refractivity contribution in [3.63, 3.8) is 0 Å². The second kappa shape index (κ2) is 12.5. The van der Waals surface area contributed by atoms with Crippen LogP contribution in [0, 0.1) is 17.0 Å². The van der Waals surface area contributed by atoms with Gasteiger partial charge in [0.1, 0.15) is 5.15 Å². The van der Waals surface area contributed by atoms with Crippen molar-refractivity contribution in [2.75, 3.05) is 25.0 Å². The first-order valence-electron chi connectivity index (χ1n) is 13.5. The molecule has 0 aliphatic carbocycles. The Balaban J connectivity index is 1.39. The van der Waals surface area contributed by atoms with E-state index in [0.717, 1.165) is 33.4 Å². The molecule has 0 saturated carbocycles. The van der Waals surface area contributed by atoms with Crippen LogP contribution in [0.2, 0.25) is 5.15 Å². The number of nitro benzene ring substituents is 1. The predicted octanol–water partition coefficient (Wildman–Crippen LogP) is 5.40. The van der Waals surface area contributed by atoms with Gasteiger partial charge in [-0.15, -0.1) is 0 Å². The number of benzene rings is 3. The van der Waals surface area contributed by atoms with Crippen LogP contribution in [-0.4, -0.2) is 59.1 Å². The third-order valence-corrected chi connectivity index (χ3v) is 9.57. The van der Waals surface area contributed by atoms with Gasteiger partial charge in [-0.25, -0.2) is 13.4 Å². The zero-order valence-electron chi connectivity index (χ0n) is 22.9. The van der Waals surface area contributed by atoms with E-state index in [2.05, 4.69) is 15.2 Å². The molecule has 0 radical (unpaired) electrons. The summed E-state index contributed by atoms with van der Waals surface area (Å²) in [6, 6.07) is 21.6. The van der Waals surface area contributed by atoms with Gasteiger partial charge in [0.25, 0.3) is 15.7 Å². The lowest BCUT2D eigenvalue weighted by atomic mass is 10.0. The van der Waals surface area contributed by atoms with Gasteiger partial charge in [0, 0.05) is 42.8 Å². The van der Waals surface area contributed by atoms with E-state index in [-0.39, 0.29) is 0 Å². The highest BCUT2D eigenvalue weighted by Gasteiger charge is 2.38. The lowest BCUT2D eigenvalue weighted by Crippen LogP contribution is -2.49. The number of nitro groups is 1. The van der Waals surface area contributed by atoms with Gasteiger partial charge in [0.05, 0.1) is 17.0 Å². The number of rotatable bonds is 9. The minimum atomic E-state index is -4.40. The molecule has 1 amide bonds. The topological polar surface area (TPSA) is 126 Å². The number of carbonyl (C=O) groups excluding carboxylic acids is 1. The molecule has 10 nitrogen and oxygen atoms in total. The maximum Gasteiger partial charge on any atom is 0.289 e. The van der Waals surface area contributed by atoms with E-state index in [1.807, 2.05) is 37.3 Å². The Bertz CT molecular complexity index is 1730. The molecule has 42 heavy (non-hydrogen) atoms. The Morgan fingerprint density at radius 2 is 1.76 bits per heavy atom. The molecule has 1 fully saturated rings. The number of hydrogen-bond acceptors (Lipinski definition) is 7. The number of fused-ring (bicyclic) bond motifs is 1. The SMILES string of the molecule is Cc1cc(Cl)nc2ccc(NC(=O)CN(C3CCN(Cc4ccccc4)CC3)S(=O)(=O)c3ccccc3[N+](=O)[O-])cc12. The first-order valence-corrected chi connectivity index (χ1v) is 15.3. The molecule has 1 aliphatic heterocycles. The number of pyridine rings is 1. The van der Waals surface area contributed by atoms with Crippen LogP contribution in [0.3, 0.4) is 0 Å². The molecular weight excluding hydrogens is 578 g/mol. The van der Waals surface area contributed by atoms with Crippen LogP contribution in [0.4, 0.5) is 11.4 Å². The summed E-state index contributed by atoms with van der Waals surface area (Å²) in [7, 11) is -4.40. The molecule has 4 aromatic rings. The highest BCUT2D eigenvalue weighted by Crippen LogP contribution is 2.31. The van der Waals surface area contributed by atoms with Crippen molar-refractivity contribution in [1.29, 1.82) is 0 Å². The first kappa shape index (κ1) is 29.6. The Kier molecular flexibility index (Phi) is 8.83. The summed E-state index contributed by atoms with van der Waals surface area (Å²) in [5.41, 5.74) is 2.65. The fourth-order valence-electron chi connectivity index (χ4n) is 5.34. The van der Waals surface area contributed by atoms with E-state index in [4.69, 9.17) is 11.6 Å². The zero-order valence-corrected chi connectivity index (χ0v) is 24.5. The lowest BCUT2D eigenvalue weighted by molar-refractivity contribution is -0.387. The van der Waals surface area contributed by atoms with Crippen LogP contribution < -0.4 is 5.32 Å². The number of halogens is 1. The van der Waals surface area contributed by atoms with Crippen LogP contribution >= 0.6 is 11.6 Å². The fraction of sp³-hybridized carbons (Fsp3) is 0.267. The molecule has 0 bridgehead atoms. The van der Waals surface area contributed by atoms with Crippen molar-refractivity contribution in [1.82, 2.24) is 14.2 Å². The van der Waals surface area contributed by atoms with Crippen LogP contribution in [-0.2, 0) is 21.4 Å². The van der Waals surface area contributed by atoms with E-state index in [1.54, 1.807) is 24.3 Å². The standard InChI is InChI=1S/C30H30ClN5O5S/c1-21-17-29(31)33-26-12-11-23(18-25(21)26)32-30(37)20-35(42(40,41)28-10-6-5-9-27(28)36(38)39)24-13-15-34(16-14-24)19-22-7-3-2-4-8-22/h2-12,17-18,24H,13-16,19-20H2,1H3,(H,32,37). The van der Waals surface area contributed by atoms with Crippen molar-refractivity contribution in [3.05, 3.63) is 105 Å². The number of likely N-dealkylation sites (tertiary alicyclic amines) is 1. The monoisotopic (exact) mass is 607 g/mol. The predicted molar refractivity (Wildman–Crippen MR) is 162 cm³/mol. The molecule has 218 valence electrons. The summed E-state index contributed by atoms with van der Waals surface area (Å²) in [5, 5.41) is 15.7. The molecular formula is C30H30ClN5O5S. The van der Waals surface area contributed by atoms with Crippen molar-refractivity contribution < 1.29 is 18.1 Å². The summed E-state index contributed by atoms with van der Waals surface area (Å²) >= 11 is 6.06. The maximum absolute atomic E-state index is 14.0. The van der Waals surface area contributed by atoms with E-state index in [0.29, 0.717) is 42.3 Å². The summed E-state index contributed by atoms with van der Waals surface area (Å²) in [6.07, 6.45) is 0.948. The number of aromatic nitrogens is 1. The third-order valence-electron chi connectivity index (χ3n) is 7.43. The summed E-state index contributed by atoms with van der Waals surface area (Å²) in [4.78, 5) is 30.5. The molecule has 3 aromatic carbocycles. The molecule has 2 heterocycles. The molecule has 0 atom stereocenters. The number of sulfonamides is 1. The Morgan fingerprint density at radius 1 is 1.07 bits per heavy atom. The summed E-state index contributed by atoms with van der Waals surface area (Å²) < 4.78 is 29.1. The van der Waals surface area contributed by atoms with Crippen molar-refractivity contribution in [3.8, 4) is 0 Å². The summed E-state index contributed by atoms with van der Waals surface area (Å²) in [6.45, 7) is 3.35. The van der Waals surface area contributed by atoms with Crippen LogP contribution in [0.1, 0.15) is 24.0 Å². The minimum absolute atomic E-state index is 0.363. The first-order chi connectivity index (χ1) is 20.1. The lowest BCUT2D eigenvalue weighted by Gasteiger charge is -2.37. The number of para-hydroxylation sites is 1. The Labute approximate surface area is 249 Å². The third kappa shape index (κ3) is 6.60. The average Bonchev–Trinajstić information content (AvgIpc) is 2.97. The number of carbonyl (C=O) groups is 1. The van der Waals surface area contributed by atoms with Gasteiger partial charge >= 0.3 is 0 Å². The number of hydrogen-bond donors (Lipinski definition) is 1. The normalized spacial score (nSPS) is 14.7. The van der Waals surface area contributed by atoms with E-state index in [9.17, 15) is 23.3 Å². The highest BCUT2D eigenvalue weighted by molar-refractivity contribution is 7.89. The van der Waals surface area contributed by atoms with E-state index >= 15 is 0 Å². The molecule has 5 rings (SSSR count).